The lowest BCUT2D eigenvalue weighted by Gasteiger charge is -2.22. The molecule has 0 bridgehead atoms. The van der Waals surface area contributed by atoms with Crippen molar-refractivity contribution in [3.05, 3.63) is 0 Å². The Morgan fingerprint density at radius 3 is 2.33 bits per heavy atom. The van der Waals surface area contributed by atoms with E-state index < -0.39 is 36.4 Å². The molecule has 2 aliphatic heterocycles. The quantitative estimate of drug-likeness (QED) is 0.499. The fourth-order valence-corrected chi connectivity index (χ4v) is 1.92. The van der Waals surface area contributed by atoms with Gasteiger partial charge in [-0.25, -0.2) is 0 Å². The fraction of sp³-hybridized carbons (Fsp3) is 1.00. The van der Waals surface area contributed by atoms with Crippen LogP contribution < -0.4 is 5.73 Å². The highest BCUT2D eigenvalue weighted by molar-refractivity contribution is 4.94. The minimum Gasteiger partial charge on any atom is -0.387 e. The summed E-state index contributed by atoms with van der Waals surface area (Å²) >= 11 is 0. The summed E-state index contributed by atoms with van der Waals surface area (Å²) in [6.45, 7) is 3.89. The first-order valence-corrected chi connectivity index (χ1v) is 5.00. The normalized spacial score (nSPS) is 49.8. The number of rotatable bonds is 1. The van der Waals surface area contributed by atoms with Crippen molar-refractivity contribution in [2.24, 2.45) is 5.73 Å². The van der Waals surface area contributed by atoms with Gasteiger partial charge in [-0.05, 0) is 13.8 Å². The maximum absolute atomic E-state index is 9.67. The number of aliphatic hydroxyl groups excluding tert-OH is 2. The average Bonchev–Trinajstić information content (AvgIpc) is 2.62. The molecule has 88 valence electrons. The van der Waals surface area contributed by atoms with Gasteiger partial charge in [0.1, 0.15) is 30.6 Å². The van der Waals surface area contributed by atoms with Crippen molar-refractivity contribution in [3.8, 4) is 0 Å². The largest absolute Gasteiger partial charge is 0.387 e. The van der Waals surface area contributed by atoms with Gasteiger partial charge in [0.25, 0.3) is 0 Å². The molecule has 5 atom stereocenters. The van der Waals surface area contributed by atoms with Crippen LogP contribution in [0.4, 0.5) is 0 Å². The van der Waals surface area contributed by atoms with E-state index in [1.165, 1.54) is 0 Å². The minimum absolute atomic E-state index is 0.328. The standard InChI is InChI=1S/C9H17NO5/c1-9(2)13-3-4(15-9)7-5(11)6(12)8(10)14-7/h4-8,11-12H,3,10H2,1-2H3/t4-,5-,6-,7-,8?/m1/s1. The van der Waals surface area contributed by atoms with E-state index in [1.807, 2.05) is 0 Å². The molecule has 1 unspecified atom stereocenters. The molecule has 6 nitrogen and oxygen atoms in total. The Hall–Kier alpha value is -0.240. The number of ether oxygens (including phenoxy) is 3. The molecule has 2 aliphatic rings. The van der Waals surface area contributed by atoms with Gasteiger partial charge in [0, 0.05) is 0 Å². The Bertz CT molecular complexity index is 247. The van der Waals surface area contributed by atoms with Crippen molar-refractivity contribution in [3.63, 3.8) is 0 Å². The van der Waals surface area contributed by atoms with Crippen LogP contribution in [0.15, 0.2) is 0 Å². The SMILES string of the molecule is CC1(C)OC[C@H]([C@H]2OC(N)[C@H](O)[C@H]2O)O1. The third-order valence-electron chi connectivity index (χ3n) is 2.73. The minimum atomic E-state index is -1.07. The molecule has 4 N–H and O–H groups in total. The van der Waals surface area contributed by atoms with E-state index in [0.29, 0.717) is 6.61 Å². The van der Waals surface area contributed by atoms with Crippen molar-refractivity contribution in [2.75, 3.05) is 6.61 Å². The summed E-state index contributed by atoms with van der Waals surface area (Å²) in [7, 11) is 0. The van der Waals surface area contributed by atoms with Crippen LogP contribution in [-0.4, -0.2) is 53.3 Å². The summed E-state index contributed by atoms with van der Waals surface area (Å²) in [5.41, 5.74) is 5.47. The van der Waals surface area contributed by atoms with Crippen molar-refractivity contribution in [1.29, 1.82) is 0 Å². The number of hydrogen-bond donors (Lipinski definition) is 3. The van der Waals surface area contributed by atoms with Gasteiger partial charge >= 0.3 is 0 Å². The molecular weight excluding hydrogens is 202 g/mol. The predicted octanol–water partition coefficient (Wildman–Crippen LogP) is -1.46. The van der Waals surface area contributed by atoms with Crippen LogP contribution in [0.1, 0.15) is 13.8 Å². The van der Waals surface area contributed by atoms with Crippen molar-refractivity contribution in [1.82, 2.24) is 0 Å². The van der Waals surface area contributed by atoms with E-state index >= 15 is 0 Å². The first kappa shape index (κ1) is 11.3. The van der Waals surface area contributed by atoms with Gasteiger partial charge < -0.3 is 30.2 Å². The lowest BCUT2D eigenvalue weighted by atomic mass is 10.1. The van der Waals surface area contributed by atoms with Gasteiger partial charge in [0.15, 0.2) is 5.79 Å². The second-order valence-electron chi connectivity index (χ2n) is 4.41. The summed E-state index contributed by atoms with van der Waals surface area (Å²) in [6, 6.07) is 0. The molecule has 0 spiro atoms. The highest BCUT2D eigenvalue weighted by Gasteiger charge is 2.49. The van der Waals surface area contributed by atoms with Gasteiger partial charge in [-0.1, -0.05) is 0 Å². The second kappa shape index (κ2) is 3.65. The molecule has 2 heterocycles. The third kappa shape index (κ3) is 2.01. The molecule has 0 aliphatic carbocycles. The topological polar surface area (TPSA) is 94.2 Å². The number of hydrogen-bond acceptors (Lipinski definition) is 6. The Kier molecular flexibility index (Phi) is 2.74. The second-order valence-corrected chi connectivity index (χ2v) is 4.41. The van der Waals surface area contributed by atoms with E-state index in [1.54, 1.807) is 13.8 Å². The van der Waals surface area contributed by atoms with Crippen LogP contribution in [0.3, 0.4) is 0 Å². The molecule has 0 aromatic heterocycles. The van der Waals surface area contributed by atoms with E-state index in [-0.39, 0.29) is 0 Å². The van der Waals surface area contributed by atoms with Gasteiger partial charge in [-0.3, -0.25) is 0 Å². The summed E-state index contributed by atoms with van der Waals surface area (Å²) < 4.78 is 16.1. The highest BCUT2D eigenvalue weighted by atomic mass is 16.8. The zero-order valence-corrected chi connectivity index (χ0v) is 8.79. The van der Waals surface area contributed by atoms with Crippen LogP contribution in [0.2, 0.25) is 0 Å². The molecular formula is C9H17NO5. The summed E-state index contributed by atoms with van der Waals surface area (Å²) in [5.74, 6) is -0.675. The van der Waals surface area contributed by atoms with E-state index in [0.717, 1.165) is 0 Å². The molecule has 0 aromatic carbocycles. The summed E-state index contributed by atoms with van der Waals surface area (Å²) in [4.78, 5) is 0. The summed E-state index contributed by atoms with van der Waals surface area (Å²) in [6.07, 6.45) is -3.97. The van der Waals surface area contributed by atoms with Gasteiger partial charge in [0.05, 0.1) is 6.61 Å². The molecule has 0 radical (unpaired) electrons. The zero-order valence-electron chi connectivity index (χ0n) is 8.79. The average molecular weight is 219 g/mol. The zero-order chi connectivity index (χ0) is 11.2. The Morgan fingerprint density at radius 1 is 1.27 bits per heavy atom. The van der Waals surface area contributed by atoms with Crippen LogP contribution in [-0.2, 0) is 14.2 Å². The molecule has 0 aromatic rings. The third-order valence-corrected chi connectivity index (χ3v) is 2.73. The molecule has 2 saturated heterocycles. The first-order valence-electron chi connectivity index (χ1n) is 5.00. The summed E-state index contributed by atoms with van der Waals surface area (Å²) in [5, 5.41) is 19.1. The van der Waals surface area contributed by atoms with Crippen LogP contribution in [0, 0.1) is 0 Å². The fourth-order valence-electron chi connectivity index (χ4n) is 1.92. The first-order chi connectivity index (χ1) is 6.91. The molecule has 15 heavy (non-hydrogen) atoms. The molecule has 6 heteroatoms. The lowest BCUT2D eigenvalue weighted by Crippen LogP contribution is -2.41. The maximum Gasteiger partial charge on any atom is 0.163 e. The number of aliphatic hydroxyl groups is 2. The van der Waals surface area contributed by atoms with Gasteiger partial charge in [-0.15, -0.1) is 0 Å². The van der Waals surface area contributed by atoms with Crippen LogP contribution in [0.25, 0.3) is 0 Å². The molecule has 2 fully saturated rings. The smallest absolute Gasteiger partial charge is 0.163 e. The number of nitrogens with two attached hydrogens (primary N) is 1. The van der Waals surface area contributed by atoms with Crippen molar-refractivity contribution in [2.45, 2.75) is 50.3 Å². The lowest BCUT2D eigenvalue weighted by molar-refractivity contribution is -0.161. The molecule has 2 rings (SSSR count). The molecule has 0 saturated carbocycles. The Balaban J connectivity index is 2.01. The Morgan fingerprint density at radius 2 is 1.93 bits per heavy atom. The van der Waals surface area contributed by atoms with Crippen LogP contribution >= 0.6 is 0 Å². The monoisotopic (exact) mass is 219 g/mol. The highest BCUT2D eigenvalue weighted by Crippen LogP contribution is 2.30. The van der Waals surface area contributed by atoms with Gasteiger partial charge in [0.2, 0.25) is 0 Å². The van der Waals surface area contributed by atoms with Gasteiger partial charge in [-0.2, -0.15) is 0 Å². The van der Waals surface area contributed by atoms with E-state index in [2.05, 4.69) is 0 Å². The van der Waals surface area contributed by atoms with E-state index in [4.69, 9.17) is 19.9 Å². The van der Waals surface area contributed by atoms with Crippen molar-refractivity contribution >= 4 is 0 Å². The predicted molar refractivity (Wildman–Crippen MR) is 49.8 cm³/mol. The van der Waals surface area contributed by atoms with E-state index in [9.17, 15) is 10.2 Å². The van der Waals surface area contributed by atoms with Crippen molar-refractivity contribution < 1.29 is 24.4 Å². The molecule has 0 amide bonds. The van der Waals surface area contributed by atoms with Crippen LogP contribution in [0.5, 0.6) is 0 Å². The Labute approximate surface area is 87.9 Å². The maximum atomic E-state index is 9.67.